The third-order valence-electron chi connectivity index (χ3n) is 4.01. The van der Waals surface area contributed by atoms with Crippen molar-refractivity contribution < 1.29 is 32.7 Å². The highest BCUT2D eigenvalue weighted by molar-refractivity contribution is 6.67. The Morgan fingerprint density at radius 2 is 0.920 bits per heavy atom. The van der Waals surface area contributed by atoms with Crippen LogP contribution >= 0.6 is 0 Å². The number of hydrogen-bond donors (Lipinski definition) is 2. The average molecular weight is 399 g/mol. The van der Waals surface area contributed by atoms with E-state index in [1.807, 2.05) is 40.8 Å². The Hall–Kier alpha value is 0.154. The average Bonchev–Trinajstić information content (AvgIpc) is 2.55. The quantitative estimate of drug-likeness (QED) is 0.303. The third kappa shape index (κ3) is 9.07. The topological polar surface area (TPSA) is 86.6 Å². The van der Waals surface area contributed by atoms with Crippen molar-refractivity contribution in [1.29, 1.82) is 0 Å². The summed E-state index contributed by atoms with van der Waals surface area (Å²) >= 11 is 0. The van der Waals surface area contributed by atoms with Gasteiger partial charge in [0.2, 0.25) is 0 Å². The summed E-state index contributed by atoms with van der Waals surface area (Å²) < 4.78 is 28.3. The van der Waals surface area contributed by atoms with Crippen molar-refractivity contribution in [3.63, 3.8) is 0 Å². The third-order valence-corrected chi connectivity index (χ3v) is 10.5. The Bertz CT molecular complexity index is 292. The van der Waals surface area contributed by atoms with E-state index in [1.165, 1.54) is 0 Å². The first-order chi connectivity index (χ1) is 11.8. The van der Waals surface area contributed by atoms with Crippen LogP contribution in [-0.4, -0.2) is 78.4 Å². The van der Waals surface area contributed by atoms with Crippen LogP contribution in [0.3, 0.4) is 0 Å². The van der Waals surface area contributed by atoms with E-state index in [4.69, 9.17) is 22.4 Å². The van der Waals surface area contributed by atoms with Crippen molar-refractivity contribution in [3.05, 3.63) is 0 Å². The highest BCUT2D eigenvalue weighted by Crippen LogP contribution is 2.17. The number of aliphatic hydroxyl groups is 2. The van der Waals surface area contributed by atoms with E-state index < -0.39 is 28.6 Å². The Labute approximate surface area is 155 Å². The standard InChI is InChI=1S/C16H38O7Si2/c1-7-20-24(5,21-8-2)15(17)11-13-19-14-12-16(18)25(6,22-9-3)23-10-4/h15-18H,7-14H2,1-6H3. The van der Waals surface area contributed by atoms with Gasteiger partial charge in [-0.3, -0.25) is 0 Å². The predicted molar refractivity (Wildman–Crippen MR) is 102 cm³/mol. The van der Waals surface area contributed by atoms with Gasteiger partial charge in [0.1, 0.15) is 0 Å². The molecule has 0 fully saturated rings. The molecular weight excluding hydrogens is 360 g/mol. The van der Waals surface area contributed by atoms with Crippen LogP contribution in [0.2, 0.25) is 13.1 Å². The Balaban J connectivity index is 4.22. The zero-order valence-corrected chi connectivity index (χ0v) is 18.7. The lowest BCUT2D eigenvalue weighted by Gasteiger charge is -2.31. The molecule has 0 rings (SSSR count). The van der Waals surface area contributed by atoms with Crippen molar-refractivity contribution >= 4 is 17.1 Å². The van der Waals surface area contributed by atoms with Gasteiger partial charge in [-0.05, 0) is 53.6 Å². The largest absolute Gasteiger partial charge is 0.393 e. The monoisotopic (exact) mass is 398 g/mol. The van der Waals surface area contributed by atoms with Gasteiger partial charge in [0.15, 0.2) is 0 Å². The maximum absolute atomic E-state index is 10.4. The fourth-order valence-electron chi connectivity index (χ4n) is 2.63. The molecule has 0 spiro atoms. The maximum Gasteiger partial charge on any atom is 0.364 e. The zero-order chi connectivity index (χ0) is 19.3. The first-order valence-corrected chi connectivity index (χ1v) is 14.1. The van der Waals surface area contributed by atoms with Crippen LogP contribution < -0.4 is 0 Å². The van der Waals surface area contributed by atoms with Crippen LogP contribution in [0, 0.1) is 0 Å². The Morgan fingerprint density at radius 3 is 1.16 bits per heavy atom. The summed E-state index contributed by atoms with van der Waals surface area (Å²) in [5.41, 5.74) is -1.30. The smallest absolute Gasteiger partial charge is 0.364 e. The Morgan fingerprint density at radius 1 is 0.640 bits per heavy atom. The summed E-state index contributed by atoms with van der Waals surface area (Å²) in [5.74, 6) is 0. The number of rotatable bonds is 16. The van der Waals surface area contributed by atoms with Crippen LogP contribution in [0.25, 0.3) is 0 Å². The number of ether oxygens (including phenoxy) is 1. The molecule has 0 aromatic carbocycles. The molecule has 0 aromatic rings. The molecular formula is C16H38O7Si2. The van der Waals surface area contributed by atoms with Gasteiger partial charge in [-0.25, -0.2) is 0 Å². The summed E-state index contributed by atoms with van der Waals surface area (Å²) in [6.07, 6.45) is 0.898. The van der Waals surface area contributed by atoms with E-state index in [-0.39, 0.29) is 0 Å². The lowest BCUT2D eigenvalue weighted by Crippen LogP contribution is -2.52. The minimum absolute atomic E-state index is 0.387. The van der Waals surface area contributed by atoms with Crippen LogP contribution in [0.15, 0.2) is 0 Å². The zero-order valence-electron chi connectivity index (χ0n) is 16.7. The minimum atomic E-state index is -2.59. The van der Waals surface area contributed by atoms with Gasteiger partial charge in [-0.2, -0.15) is 0 Å². The van der Waals surface area contributed by atoms with E-state index in [1.54, 1.807) is 0 Å². The molecule has 152 valence electrons. The molecule has 0 amide bonds. The molecule has 25 heavy (non-hydrogen) atoms. The summed E-state index contributed by atoms with van der Waals surface area (Å²) in [6.45, 7) is 14.2. The van der Waals surface area contributed by atoms with Crippen molar-refractivity contribution in [2.45, 2.75) is 65.1 Å². The summed E-state index contributed by atoms with van der Waals surface area (Å²) in [6, 6.07) is 0. The molecule has 0 saturated heterocycles. The van der Waals surface area contributed by atoms with Crippen LogP contribution in [0.4, 0.5) is 0 Å². The van der Waals surface area contributed by atoms with Crippen molar-refractivity contribution in [3.8, 4) is 0 Å². The molecule has 0 radical (unpaired) electrons. The molecule has 2 unspecified atom stereocenters. The lowest BCUT2D eigenvalue weighted by molar-refractivity contribution is 0.0529. The second kappa shape index (κ2) is 13.3. The van der Waals surface area contributed by atoms with Crippen molar-refractivity contribution in [2.75, 3.05) is 39.6 Å². The van der Waals surface area contributed by atoms with Crippen LogP contribution in [0.5, 0.6) is 0 Å². The van der Waals surface area contributed by atoms with E-state index in [2.05, 4.69) is 0 Å². The predicted octanol–water partition coefficient (Wildman–Crippen LogP) is 1.87. The molecule has 0 aromatic heterocycles. The van der Waals surface area contributed by atoms with Gasteiger partial charge < -0.3 is 32.7 Å². The summed E-state index contributed by atoms with van der Waals surface area (Å²) in [4.78, 5) is 0. The minimum Gasteiger partial charge on any atom is -0.393 e. The second-order valence-electron chi connectivity index (χ2n) is 5.99. The van der Waals surface area contributed by atoms with E-state index in [0.717, 1.165) is 0 Å². The highest BCUT2D eigenvalue weighted by Gasteiger charge is 2.40. The van der Waals surface area contributed by atoms with Gasteiger partial charge in [0, 0.05) is 39.6 Å². The van der Waals surface area contributed by atoms with Crippen molar-refractivity contribution in [1.82, 2.24) is 0 Å². The van der Waals surface area contributed by atoms with Gasteiger partial charge in [-0.1, -0.05) is 0 Å². The number of hydrogen-bond acceptors (Lipinski definition) is 7. The molecule has 2 atom stereocenters. The summed E-state index contributed by atoms with van der Waals surface area (Å²) in [5, 5.41) is 20.7. The van der Waals surface area contributed by atoms with Crippen molar-refractivity contribution in [2.24, 2.45) is 0 Å². The fourth-order valence-corrected chi connectivity index (χ4v) is 7.14. The SMILES string of the molecule is CCO[Si](C)(OCC)C(O)CCOCCC(O)[Si](C)(OCC)OCC. The maximum atomic E-state index is 10.4. The van der Waals surface area contributed by atoms with Gasteiger partial charge in [0.05, 0.1) is 11.5 Å². The first-order valence-electron chi connectivity index (χ1n) is 9.29. The van der Waals surface area contributed by atoms with Crippen LogP contribution in [-0.2, 0) is 22.4 Å². The molecule has 7 nitrogen and oxygen atoms in total. The summed E-state index contributed by atoms with van der Waals surface area (Å²) in [7, 11) is -5.19. The highest BCUT2D eigenvalue weighted by atomic mass is 28.4. The van der Waals surface area contributed by atoms with E-state index in [0.29, 0.717) is 52.5 Å². The second-order valence-corrected chi connectivity index (χ2v) is 12.5. The molecule has 0 saturated carbocycles. The Kier molecular flexibility index (Phi) is 13.4. The molecule has 0 aliphatic heterocycles. The molecule has 9 heteroatoms. The van der Waals surface area contributed by atoms with Gasteiger partial charge >= 0.3 is 17.1 Å². The molecule has 0 aliphatic rings. The number of aliphatic hydroxyl groups excluding tert-OH is 2. The molecule has 0 bridgehead atoms. The first kappa shape index (κ1) is 25.2. The molecule has 0 aliphatic carbocycles. The van der Waals surface area contributed by atoms with Gasteiger partial charge in [-0.15, -0.1) is 0 Å². The lowest BCUT2D eigenvalue weighted by atomic mass is 10.4. The fraction of sp³-hybridized carbons (Fsp3) is 1.00. The van der Waals surface area contributed by atoms with Gasteiger partial charge in [0.25, 0.3) is 0 Å². The van der Waals surface area contributed by atoms with E-state index in [9.17, 15) is 10.2 Å². The molecule has 0 heterocycles. The van der Waals surface area contributed by atoms with Crippen LogP contribution in [0.1, 0.15) is 40.5 Å². The van der Waals surface area contributed by atoms with E-state index >= 15 is 0 Å². The normalized spacial score (nSPS) is 15.4. The molecule has 2 N–H and O–H groups in total.